The van der Waals surface area contributed by atoms with Crippen LogP contribution in [0.2, 0.25) is 0 Å². The lowest BCUT2D eigenvalue weighted by molar-refractivity contribution is 0.282. The average molecular weight is 264 g/mol. The van der Waals surface area contributed by atoms with Crippen LogP contribution in [0.1, 0.15) is 11.1 Å². The lowest BCUT2D eigenvalue weighted by Gasteiger charge is -2.10. The molecule has 4 nitrogen and oxygen atoms in total. The van der Waals surface area contributed by atoms with Crippen molar-refractivity contribution in [3.8, 4) is 11.5 Å². The number of ether oxygens (including phenoxy) is 1. The average Bonchev–Trinajstić information content (AvgIpc) is 2.48. The molecule has 0 aliphatic rings. The molecule has 0 bridgehead atoms. The maximum absolute atomic E-state index is 9.06. The van der Waals surface area contributed by atoms with Crippen LogP contribution in [0, 0.1) is 20.1 Å². The second kappa shape index (κ2) is 5.88. The molecule has 98 valence electrons. The van der Waals surface area contributed by atoms with Gasteiger partial charge in [-0.3, -0.25) is 0 Å². The van der Waals surface area contributed by atoms with E-state index in [0.717, 1.165) is 5.56 Å². The molecular formula is C16H12N2O2. The summed E-state index contributed by atoms with van der Waals surface area (Å²) >= 11 is 0. The number of aryl methyl sites for hydroxylation is 1. The van der Waals surface area contributed by atoms with Crippen molar-refractivity contribution < 1.29 is 9.84 Å². The zero-order chi connectivity index (χ0) is 14.5. The van der Waals surface area contributed by atoms with E-state index in [1.807, 2.05) is 6.92 Å². The van der Waals surface area contributed by atoms with Gasteiger partial charge in [-0.1, -0.05) is 12.1 Å². The predicted molar refractivity (Wildman–Crippen MR) is 76.1 cm³/mol. The Balaban J connectivity index is 2.33. The highest BCUT2D eigenvalue weighted by atomic mass is 16.5. The molecule has 2 rings (SSSR count). The standard InChI is InChI=1S/C16H12N2O2/c1-11-8-13(5-6-14(11)17-2)20-16-7-4-12(10-19)9-15(16)18-3/h4-9,19H,10H2,1H3. The molecule has 4 heteroatoms. The molecule has 0 spiro atoms. The van der Waals surface area contributed by atoms with Gasteiger partial charge in [0.25, 0.3) is 0 Å². The topological polar surface area (TPSA) is 38.2 Å². The fraction of sp³-hybridized carbons (Fsp3) is 0.125. The van der Waals surface area contributed by atoms with Crippen LogP contribution in [-0.2, 0) is 6.61 Å². The van der Waals surface area contributed by atoms with Gasteiger partial charge in [-0.2, -0.15) is 0 Å². The summed E-state index contributed by atoms with van der Waals surface area (Å²) in [5, 5.41) is 9.06. The molecule has 2 aromatic carbocycles. The Bertz CT molecular complexity index is 724. The van der Waals surface area contributed by atoms with Crippen LogP contribution < -0.4 is 4.74 Å². The zero-order valence-electron chi connectivity index (χ0n) is 10.9. The fourth-order valence-electron chi connectivity index (χ4n) is 1.78. The monoisotopic (exact) mass is 264 g/mol. The highest BCUT2D eigenvalue weighted by Gasteiger charge is 2.07. The second-order valence-corrected chi connectivity index (χ2v) is 4.23. The van der Waals surface area contributed by atoms with E-state index in [9.17, 15) is 0 Å². The smallest absolute Gasteiger partial charge is 0.229 e. The summed E-state index contributed by atoms with van der Waals surface area (Å²) < 4.78 is 5.68. The first kappa shape index (κ1) is 13.6. The molecule has 0 saturated carbocycles. The van der Waals surface area contributed by atoms with Gasteiger partial charge in [0.15, 0.2) is 5.69 Å². The van der Waals surface area contributed by atoms with E-state index >= 15 is 0 Å². The van der Waals surface area contributed by atoms with Crippen LogP contribution in [0.25, 0.3) is 9.69 Å². The summed E-state index contributed by atoms with van der Waals surface area (Å²) in [6.45, 7) is 15.9. The minimum atomic E-state index is -0.110. The molecule has 0 aromatic heterocycles. The van der Waals surface area contributed by atoms with Gasteiger partial charge in [-0.25, -0.2) is 9.69 Å². The SMILES string of the molecule is [C-]#[N+]c1ccc(Oc2ccc(CO)cc2[N+]#[C-])cc1C. The van der Waals surface area contributed by atoms with E-state index in [-0.39, 0.29) is 6.61 Å². The van der Waals surface area contributed by atoms with Crippen molar-refractivity contribution in [2.24, 2.45) is 0 Å². The Morgan fingerprint density at radius 2 is 1.80 bits per heavy atom. The van der Waals surface area contributed by atoms with Gasteiger partial charge < -0.3 is 9.84 Å². The molecule has 0 radical (unpaired) electrons. The summed E-state index contributed by atoms with van der Waals surface area (Å²) in [4.78, 5) is 6.79. The van der Waals surface area contributed by atoms with E-state index in [1.165, 1.54) is 0 Å². The molecule has 0 fully saturated rings. The Morgan fingerprint density at radius 1 is 1.05 bits per heavy atom. The summed E-state index contributed by atoms with van der Waals surface area (Å²) in [6, 6.07) is 10.1. The van der Waals surface area contributed by atoms with E-state index < -0.39 is 0 Å². The second-order valence-electron chi connectivity index (χ2n) is 4.23. The number of nitrogens with zero attached hydrogens (tertiary/aromatic N) is 2. The number of benzene rings is 2. The third kappa shape index (κ3) is 2.77. The molecule has 0 saturated heterocycles. The Hall–Kier alpha value is -2.82. The van der Waals surface area contributed by atoms with Gasteiger partial charge in [0.1, 0.15) is 11.5 Å². The van der Waals surface area contributed by atoms with E-state index in [2.05, 4.69) is 9.69 Å². The Labute approximate surface area is 117 Å². The van der Waals surface area contributed by atoms with Crippen molar-refractivity contribution in [2.75, 3.05) is 0 Å². The summed E-state index contributed by atoms with van der Waals surface area (Å²) in [6.07, 6.45) is 0. The van der Waals surface area contributed by atoms with Crippen LogP contribution in [0.5, 0.6) is 11.5 Å². The van der Waals surface area contributed by atoms with Gasteiger partial charge in [0.2, 0.25) is 5.69 Å². The van der Waals surface area contributed by atoms with Crippen molar-refractivity contribution in [1.82, 2.24) is 0 Å². The lowest BCUT2D eigenvalue weighted by atomic mass is 10.2. The fourth-order valence-corrected chi connectivity index (χ4v) is 1.78. The van der Waals surface area contributed by atoms with Gasteiger partial charge in [-0.05, 0) is 42.3 Å². The normalized spacial score (nSPS) is 9.60. The molecule has 2 aromatic rings. The molecule has 0 aliphatic heterocycles. The van der Waals surface area contributed by atoms with Crippen molar-refractivity contribution in [2.45, 2.75) is 13.5 Å². The van der Waals surface area contributed by atoms with Crippen LogP contribution in [0.3, 0.4) is 0 Å². The number of hydrogen-bond donors (Lipinski definition) is 1. The lowest BCUT2D eigenvalue weighted by Crippen LogP contribution is -1.88. The molecule has 20 heavy (non-hydrogen) atoms. The summed E-state index contributed by atoms with van der Waals surface area (Å²) in [5.41, 5.74) is 2.43. The largest absolute Gasteiger partial charge is 0.469 e. The number of aliphatic hydroxyl groups is 1. The molecular weight excluding hydrogens is 252 g/mol. The minimum Gasteiger partial charge on any atom is -0.469 e. The van der Waals surface area contributed by atoms with Crippen LogP contribution in [0.15, 0.2) is 36.4 Å². The summed E-state index contributed by atoms with van der Waals surface area (Å²) in [5.74, 6) is 1.02. The third-order valence-electron chi connectivity index (χ3n) is 2.84. The van der Waals surface area contributed by atoms with Crippen LogP contribution in [-0.4, -0.2) is 5.11 Å². The van der Waals surface area contributed by atoms with Crippen molar-refractivity contribution in [3.05, 3.63) is 70.4 Å². The van der Waals surface area contributed by atoms with Crippen molar-refractivity contribution in [1.29, 1.82) is 0 Å². The first-order chi connectivity index (χ1) is 9.67. The zero-order valence-corrected chi connectivity index (χ0v) is 10.9. The van der Waals surface area contributed by atoms with E-state index in [4.69, 9.17) is 23.0 Å². The van der Waals surface area contributed by atoms with Crippen LogP contribution in [0.4, 0.5) is 11.4 Å². The molecule has 0 unspecified atom stereocenters. The van der Waals surface area contributed by atoms with E-state index in [0.29, 0.717) is 28.4 Å². The summed E-state index contributed by atoms with van der Waals surface area (Å²) in [7, 11) is 0. The Morgan fingerprint density at radius 3 is 2.40 bits per heavy atom. The van der Waals surface area contributed by atoms with Crippen molar-refractivity contribution in [3.63, 3.8) is 0 Å². The van der Waals surface area contributed by atoms with Gasteiger partial charge in [0.05, 0.1) is 19.8 Å². The minimum absolute atomic E-state index is 0.110. The molecule has 0 aliphatic carbocycles. The van der Waals surface area contributed by atoms with Gasteiger partial charge >= 0.3 is 0 Å². The predicted octanol–water partition coefficient (Wildman–Crippen LogP) is 4.38. The van der Waals surface area contributed by atoms with Crippen molar-refractivity contribution >= 4 is 11.4 Å². The number of aliphatic hydroxyl groups excluding tert-OH is 1. The quantitative estimate of drug-likeness (QED) is 0.835. The maximum atomic E-state index is 9.06. The molecule has 0 atom stereocenters. The highest BCUT2D eigenvalue weighted by molar-refractivity contribution is 5.61. The molecule has 0 heterocycles. The third-order valence-corrected chi connectivity index (χ3v) is 2.84. The first-order valence-corrected chi connectivity index (χ1v) is 5.95. The highest BCUT2D eigenvalue weighted by Crippen LogP contribution is 2.34. The van der Waals surface area contributed by atoms with Crippen LogP contribution >= 0.6 is 0 Å². The van der Waals surface area contributed by atoms with Gasteiger partial charge in [0, 0.05) is 0 Å². The maximum Gasteiger partial charge on any atom is 0.229 e. The Kier molecular flexibility index (Phi) is 4.00. The number of rotatable bonds is 3. The molecule has 0 amide bonds. The first-order valence-electron chi connectivity index (χ1n) is 5.95. The number of hydrogen-bond acceptors (Lipinski definition) is 2. The van der Waals surface area contributed by atoms with Gasteiger partial charge in [-0.15, -0.1) is 0 Å². The molecule has 1 N–H and O–H groups in total. The van der Waals surface area contributed by atoms with E-state index in [1.54, 1.807) is 36.4 Å².